The van der Waals surface area contributed by atoms with E-state index in [9.17, 15) is 4.79 Å². The number of carbonyl (C=O) groups excluding carboxylic acids is 1. The topological polar surface area (TPSA) is 42.0 Å². The van der Waals surface area contributed by atoms with Crippen molar-refractivity contribution in [1.82, 2.24) is 10.3 Å². The van der Waals surface area contributed by atoms with Gasteiger partial charge in [-0.05, 0) is 36.1 Å². The van der Waals surface area contributed by atoms with E-state index >= 15 is 0 Å². The lowest BCUT2D eigenvalue weighted by molar-refractivity contribution is 0.0951. The van der Waals surface area contributed by atoms with Crippen LogP contribution in [-0.4, -0.2) is 10.9 Å². The summed E-state index contributed by atoms with van der Waals surface area (Å²) in [6.45, 7) is 2.62. The summed E-state index contributed by atoms with van der Waals surface area (Å²) in [7, 11) is 0. The van der Waals surface area contributed by atoms with Crippen LogP contribution in [0.5, 0.6) is 0 Å². The summed E-state index contributed by atoms with van der Waals surface area (Å²) in [6.07, 6.45) is 3.22. The fourth-order valence-corrected chi connectivity index (χ4v) is 2.19. The average Bonchev–Trinajstić information content (AvgIpc) is 2.73. The second-order valence-corrected chi connectivity index (χ2v) is 4.45. The molecule has 2 rings (SSSR count). The molecule has 0 aliphatic rings. The first-order valence-corrected chi connectivity index (χ1v) is 5.86. The predicted molar refractivity (Wildman–Crippen MR) is 64.5 cm³/mol. The summed E-state index contributed by atoms with van der Waals surface area (Å²) in [6, 6.07) is 5.56. The number of aryl methyl sites for hydroxylation is 1. The van der Waals surface area contributed by atoms with Gasteiger partial charge >= 0.3 is 0 Å². The van der Waals surface area contributed by atoms with E-state index in [-0.39, 0.29) is 5.91 Å². The Kier molecular flexibility index (Phi) is 3.31. The molecule has 0 aliphatic heterocycles. The van der Waals surface area contributed by atoms with Crippen molar-refractivity contribution in [3.05, 3.63) is 52.0 Å². The van der Waals surface area contributed by atoms with Gasteiger partial charge in [0.25, 0.3) is 5.91 Å². The van der Waals surface area contributed by atoms with Gasteiger partial charge in [0.05, 0.1) is 12.1 Å². The molecule has 0 fully saturated rings. The van der Waals surface area contributed by atoms with E-state index in [4.69, 9.17) is 0 Å². The maximum absolute atomic E-state index is 11.7. The van der Waals surface area contributed by atoms with E-state index in [1.165, 1.54) is 10.4 Å². The lowest BCUT2D eigenvalue weighted by Gasteiger charge is -2.03. The predicted octanol–water partition coefficient (Wildman–Crippen LogP) is 2.38. The van der Waals surface area contributed by atoms with Crippen molar-refractivity contribution in [2.75, 3.05) is 0 Å². The maximum Gasteiger partial charge on any atom is 0.253 e. The van der Waals surface area contributed by atoms with Gasteiger partial charge in [0.15, 0.2) is 0 Å². The van der Waals surface area contributed by atoms with Crippen LogP contribution in [0.4, 0.5) is 0 Å². The van der Waals surface area contributed by atoms with Crippen molar-refractivity contribution in [2.45, 2.75) is 13.5 Å². The van der Waals surface area contributed by atoms with Gasteiger partial charge in [-0.1, -0.05) is 0 Å². The normalized spacial score (nSPS) is 10.1. The second-order valence-electron chi connectivity index (χ2n) is 3.45. The molecule has 0 radical (unpaired) electrons. The van der Waals surface area contributed by atoms with Crippen LogP contribution in [0.25, 0.3) is 0 Å². The Morgan fingerprint density at radius 2 is 2.38 bits per heavy atom. The van der Waals surface area contributed by atoms with E-state index < -0.39 is 0 Å². The van der Waals surface area contributed by atoms with Crippen LogP contribution < -0.4 is 5.32 Å². The minimum atomic E-state index is -0.0825. The van der Waals surface area contributed by atoms with Crippen LogP contribution in [0.2, 0.25) is 0 Å². The fraction of sp³-hybridized carbons (Fsp3) is 0.167. The third kappa shape index (κ3) is 2.46. The van der Waals surface area contributed by atoms with E-state index in [1.807, 2.05) is 12.3 Å². The Balaban J connectivity index is 1.97. The highest BCUT2D eigenvalue weighted by atomic mass is 32.1. The Bertz CT molecular complexity index is 479. The third-order valence-electron chi connectivity index (χ3n) is 2.30. The molecule has 0 aromatic carbocycles. The molecule has 1 N–H and O–H groups in total. The molecule has 0 saturated heterocycles. The van der Waals surface area contributed by atoms with Crippen LogP contribution in [0.3, 0.4) is 0 Å². The largest absolute Gasteiger partial charge is 0.347 e. The summed E-state index contributed by atoms with van der Waals surface area (Å²) in [5.74, 6) is -0.0825. The molecule has 0 atom stereocenters. The van der Waals surface area contributed by atoms with E-state index in [2.05, 4.69) is 16.4 Å². The lowest BCUT2D eigenvalue weighted by Crippen LogP contribution is -2.22. The van der Waals surface area contributed by atoms with Gasteiger partial charge in [-0.25, -0.2) is 0 Å². The minimum Gasteiger partial charge on any atom is -0.347 e. The number of amides is 1. The van der Waals surface area contributed by atoms with Crippen molar-refractivity contribution in [3.8, 4) is 0 Å². The summed E-state index contributed by atoms with van der Waals surface area (Å²) in [4.78, 5) is 16.8. The van der Waals surface area contributed by atoms with Gasteiger partial charge < -0.3 is 5.32 Å². The summed E-state index contributed by atoms with van der Waals surface area (Å²) in [5.41, 5.74) is 1.81. The van der Waals surface area contributed by atoms with Gasteiger partial charge in [0, 0.05) is 17.3 Å². The fourth-order valence-electron chi connectivity index (χ4n) is 1.34. The van der Waals surface area contributed by atoms with Crippen LogP contribution in [-0.2, 0) is 6.54 Å². The van der Waals surface area contributed by atoms with Crippen LogP contribution in [0.15, 0.2) is 36.0 Å². The highest BCUT2D eigenvalue weighted by Gasteiger charge is 2.06. The van der Waals surface area contributed by atoms with E-state index in [1.54, 1.807) is 35.9 Å². The zero-order chi connectivity index (χ0) is 11.4. The standard InChI is InChI=1S/C12H12N2OS/c1-9-4-6-16-11(9)8-14-12(15)10-3-2-5-13-7-10/h2-7H,8H2,1H3,(H,14,15). The summed E-state index contributed by atoms with van der Waals surface area (Å²) >= 11 is 1.66. The molecule has 0 aliphatic carbocycles. The first-order valence-electron chi connectivity index (χ1n) is 4.98. The molecule has 2 aromatic rings. The number of carbonyl (C=O) groups is 1. The maximum atomic E-state index is 11.7. The summed E-state index contributed by atoms with van der Waals surface area (Å²) in [5, 5.41) is 4.90. The van der Waals surface area contributed by atoms with E-state index in [0.29, 0.717) is 12.1 Å². The highest BCUT2D eigenvalue weighted by Crippen LogP contribution is 2.14. The Morgan fingerprint density at radius 3 is 3.00 bits per heavy atom. The van der Waals surface area contributed by atoms with E-state index in [0.717, 1.165) is 0 Å². The molecule has 2 heterocycles. The van der Waals surface area contributed by atoms with Gasteiger partial charge in [0.2, 0.25) is 0 Å². The Morgan fingerprint density at radius 1 is 1.50 bits per heavy atom. The molecular weight excluding hydrogens is 220 g/mol. The first kappa shape index (κ1) is 10.8. The quantitative estimate of drug-likeness (QED) is 0.882. The van der Waals surface area contributed by atoms with Crippen LogP contribution in [0, 0.1) is 6.92 Å². The molecule has 0 unspecified atom stereocenters. The molecule has 0 spiro atoms. The molecule has 16 heavy (non-hydrogen) atoms. The van der Waals surface area contributed by atoms with Gasteiger partial charge in [-0.15, -0.1) is 11.3 Å². The Labute approximate surface area is 98.2 Å². The number of rotatable bonds is 3. The number of nitrogens with zero attached hydrogens (tertiary/aromatic N) is 1. The molecular formula is C12H12N2OS. The van der Waals surface area contributed by atoms with Gasteiger partial charge in [0.1, 0.15) is 0 Å². The first-order chi connectivity index (χ1) is 7.77. The van der Waals surface area contributed by atoms with Crippen LogP contribution >= 0.6 is 11.3 Å². The van der Waals surface area contributed by atoms with Crippen LogP contribution in [0.1, 0.15) is 20.8 Å². The molecule has 0 bridgehead atoms. The average molecular weight is 232 g/mol. The summed E-state index contributed by atoms with van der Waals surface area (Å²) < 4.78 is 0. The Hall–Kier alpha value is -1.68. The molecule has 2 aromatic heterocycles. The highest BCUT2D eigenvalue weighted by molar-refractivity contribution is 7.10. The van der Waals surface area contributed by atoms with Crippen molar-refractivity contribution in [3.63, 3.8) is 0 Å². The number of pyridine rings is 1. The second kappa shape index (κ2) is 4.90. The monoisotopic (exact) mass is 232 g/mol. The number of thiophene rings is 1. The van der Waals surface area contributed by atoms with Crippen molar-refractivity contribution in [1.29, 1.82) is 0 Å². The number of nitrogens with one attached hydrogen (secondary N) is 1. The molecule has 1 amide bonds. The molecule has 4 heteroatoms. The lowest BCUT2D eigenvalue weighted by atomic mass is 10.2. The SMILES string of the molecule is Cc1ccsc1CNC(=O)c1cccnc1. The minimum absolute atomic E-state index is 0.0825. The van der Waals surface area contributed by atoms with Gasteiger partial charge in [-0.3, -0.25) is 9.78 Å². The number of aromatic nitrogens is 1. The smallest absolute Gasteiger partial charge is 0.253 e. The molecule has 0 saturated carbocycles. The van der Waals surface area contributed by atoms with Crippen molar-refractivity contribution < 1.29 is 4.79 Å². The molecule has 3 nitrogen and oxygen atoms in total. The zero-order valence-electron chi connectivity index (χ0n) is 8.93. The van der Waals surface area contributed by atoms with Crippen molar-refractivity contribution in [2.24, 2.45) is 0 Å². The number of hydrogen-bond donors (Lipinski definition) is 1. The van der Waals surface area contributed by atoms with Gasteiger partial charge in [-0.2, -0.15) is 0 Å². The van der Waals surface area contributed by atoms with Crippen molar-refractivity contribution >= 4 is 17.2 Å². The molecule has 82 valence electrons. The number of hydrogen-bond acceptors (Lipinski definition) is 3. The zero-order valence-corrected chi connectivity index (χ0v) is 9.75. The third-order valence-corrected chi connectivity index (χ3v) is 3.32.